The van der Waals surface area contributed by atoms with Crippen LogP contribution in [-0.2, 0) is 6.54 Å². The summed E-state index contributed by atoms with van der Waals surface area (Å²) in [5, 5.41) is 0.723. The third-order valence-electron chi connectivity index (χ3n) is 4.06. The van der Waals surface area contributed by atoms with E-state index in [-0.39, 0.29) is 11.6 Å². The van der Waals surface area contributed by atoms with Crippen LogP contribution in [0.1, 0.15) is 23.2 Å². The van der Waals surface area contributed by atoms with Crippen LogP contribution in [0.5, 0.6) is 0 Å². The predicted molar refractivity (Wildman–Crippen MR) is 97.0 cm³/mol. The molecule has 0 atom stereocenters. The van der Waals surface area contributed by atoms with Crippen LogP contribution >= 0.6 is 11.6 Å². The van der Waals surface area contributed by atoms with Gasteiger partial charge in [0.05, 0.1) is 0 Å². The molecule has 3 aromatic rings. The minimum Gasteiger partial charge on any atom is -0.294 e. The zero-order valence-electron chi connectivity index (χ0n) is 13.7. The van der Waals surface area contributed by atoms with Crippen molar-refractivity contribution in [3.8, 4) is 11.1 Å². The van der Waals surface area contributed by atoms with Crippen LogP contribution in [0.4, 0.5) is 4.39 Å². The van der Waals surface area contributed by atoms with Crippen molar-refractivity contribution < 1.29 is 13.8 Å². The standard InChI is InChI=1S/C21H18ClFNO/c22-19-7-3-16(4-8-19)17-11-14-24(15-12-17)13-1-2-21(25)18-5-9-20(23)10-6-18/h3-12,14-15H,1-2,13H2/q+1. The summed E-state index contributed by atoms with van der Waals surface area (Å²) in [7, 11) is 0. The molecule has 0 amide bonds. The van der Waals surface area contributed by atoms with E-state index in [0.717, 1.165) is 29.1 Å². The van der Waals surface area contributed by atoms with Gasteiger partial charge >= 0.3 is 0 Å². The highest BCUT2D eigenvalue weighted by atomic mass is 35.5. The number of hydrogen-bond acceptors (Lipinski definition) is 1. The lowest BCUT2D eigenvalue weighted by Gasteiger charge is -2.02. The number of pyridine rings is 1. The Labute approximate surface area is 151 Å². The van der Waals surface area contributed by atoms with Crippen LogP contribution in [0.15, 0.2) is 73.1 Å². The lowest BCUT2D eigenvalue weighted by atomic mass is 10.1. The van der Waals surface area contributed by atoms with Gasteiger partial charge in [-0.2, -0.15) is 0 Å². The predicted octanol–water partition coefficient (Wildman–Crippen LogP) is 5.10. The second-order valence-electron chi connectivity index (χ2n) is 5.87. The van der Waals surface area contributed by atoms with E-state index >= 15 is 0 Å². The topological polar surface area (TPSA) is 20.9 Å². The van der Waals surface area contributed by atoms with Crippen molar-refractivity contribution in [1.29, 1.82) is 0 Å². The first kappa shape index (κ1) is 17.3. The van der Waals surface area contributed by atoms with Crippen molar-refractivity contribution in [3.05, 3.63) is 89.5 Å². The Hall–Kier alpha value is -2.52. The molecule has 0 aliphatic carbocycles. The van der Waals surface area contributed by atoms with Gasteiger partial charge in [-0.3, -0.25) is 4.79 Å². The first-order valence-corrected chi connectivity index (χ1v) is 8.53. The van der Waals surface area contributed by atoms with Crippen molar-refractivity contribution in [2.75, 3.05) is 0 Å². The SMILES string of the molecule is O=C(CCC[n+]1ccc(-c2ccc(Cl)cc2)cc1)c1ccc(F)cc1. The maximum absolute atomic E-state index is 12.9. The molecule has 2 aromatic carbocycles. The highest BCUT2D eigenvalue weighted by molar-refractivity contribution is 6.30. The van der Waals surface area contributed by atoms with Gasteiger partial charge in [0.2, 0.25) is 0 Å². The van der Waals surface area contributed by atoms with Gasteiger partial charge in [-0.05, 0) is 47.5 Å². The van der Waals surface area contributed by atoms with Gasteiger partial charge in [0.1, 0.15) is 12.4 Å². The number of aromatic nitrogens is 1. The van der Waals surface area contributed by atoms with E-state index in [2.05, 4.69) is 4.57 Å². The van der Waals surface area contributed by atoms with E-state index in [1.54, 1.807) is 0 Å². The number of aryl methyl sites for hydroxylation is 1. The van der Waals surface area contributed by atoms with E-state index in [4.69, 9.17) is 11.6 Å². The van der Waals surface area contributed by atoms with Crippen LogP contribution in [0.2, 0.25) is 5.02 Å². The van der Waals surface area contributed by atoms with Gasteiger partial charge in [0.25, 0.3) is 0 Å². The summed E-state index contributed by atoms with van der Waals surface area (Å²) in [6, 6.07) is 17.5. The van der Waals surface area contributed by atoms with E-state index in [1.807, 2.05) is 48.8 Å². The van der Waals surface area contributed by atoms with Gasteiger partial charge in [-0.25, -0.2) is 8.96 Å². The van der Waals surface area contributed by atoms with E-state index < -0.39 is 0 Å². The summed E-state index contributed by atoms with van der Waals surface area (Å²) >= 11 is 5.91. The molecule has 0 bridgehead atoms. The van der Waals surface area contributed by atoms with E-state index in [9.17, 15) is 9.18 Å². The minimum atomic E-state index is -0.326. The number of hydrogen-bond donors (Lipinski definition) is 0. The fourth-order valence-corrected chi connectivity index (χ4v) is 2.77. The fourth-order valence-electron chi connectivity index (χ4n) is 2.64. The lowest BCUT2D eigenvalue weighted by Crippen LogP contribution is -2.32. The maximum Gasteiger partial charge on any atom is 0.169 e. The third kappa shape index (κ3) is 4.74. The summed E-state index contributed by atoms with van der Waals surface area (Å²) in [6.07, 6.45) is 5.19. The minimum absolute atomic E-state index is 0.0402. The number of carbonyl (C=O) groups is 1. The summed E-state index contributed by atoms with van der Waals surface area (Å²) in [6.45, 7) is 0.758. The quantitative estimate of drug-likeness (QED) is 0.446. The first-order valence-electron chi connectivity index (χ1n) is 8.16. The van der Waals surface area contributed by atoms with Gasteiger partial charge in [0, 0.05) is 35.6 Å². The molecule has 25 heavy (non-hydrogen) atoms. The zero-order chi connectivity index (χ0) is 17.6. The van der Waals surface area contributed by atoms with Gasteiger partial charge in [-0.15, -0.1) is 0 Å². The van der Waals surface area contributed by atoms with E-state index in [0.29, 0.717) is 12.0 Å². The second kappa shape index (κ2) is 8.04. The molecule has 0 N–H and O–H groups in total. The van der Waals surface area contributed by atoms with E-state index in [1.165, 1.54) is 24.3 Å². The van der Waals surface area contributed by atoms with Gasteiger partial charge in [-0.1, -0.05) is 23.7 Å². The van der Waals surface area contributed by atoms with Crippen LogP contribution in [0.3, 0.4) is 0 Å². The first-order chi connectivity index (χ1) is 12.1. The molecule has 126 valence electrons. The number of benzene rings is 2. The molecule has 0 fully saturated rings. The van der Waals surface area contributed by atoms with Crippen molar-refractivity contribution in [1.82, 2.24) is 0 Å². The molecule has 0 saturated heterocycles. The second-order valence-corrected chi connectivity index (χ2v) is 6.30. The van der Waals surface area contributed by atoms with Crippen molar-refractivity contribution >= 4 is 17.4 Å². The number of carbonyl (C=O) groups excluding carboxylic acids is 1. The average molecular weight is 355 g/mol. The van der Waals surface area contributed by atoms with Crippen LogP contribution < -0.4 is 4.57 Å². The molecular formula is C21H18ClFNO+. The van der Waals surface area contributed by atoms with Gasteiger partial charge < -0.3 is 0 Å². The number of halogens is 2. The monoisotopic (exact) mass is 354 g/mol. The summed E-state index contributed by atoms with van der Waals surface area (Å²) in [5.41, 5.74) is 2.79. The van der Waals surface area contributed by atoms with Crippen LogP contribution in [0.25, 0.3) is 11.1 Å². The highest BCUT2D eigenvalue weighted by Gasteiger charge is 2.08. The molecule has 0 aliphatic rings. The molecule has 0 aliphatic heterocycles. The molecule has 0 saturated carbocycles. The molecule has 4 heteroatoms. The Bertz CT molecular complexity index is 843. The molecule has 0 spiro atoms. The third-order valence-corrected chi connectivity index (χ3v) is 4.31. The average Bonchev–Trinajstić information content (AvgIpc) is 2.63. The van der Waals surface area contributed by atoms with Gasteiger partial charge in [0.15, 0.2) is 18.2 Å². The summed E-state index contributed by atoms with van der Waals surface area (Å²) < 4.78 is 14.9. The summed E-state index contributed by atoms with van der Waals surface area (Å²) in [5.74, 6) is -0.286. The largest absolute Gasteiger partial charge is 0.294 e. The number of ketones is 1. The Morgan fingerprint density at radius 1 is 0.880 bits per heavy atom. The Morgan fingerprint density at radius 2 is 1.48 bits per heavy atom. The van der Waals surface area contributed by atoms with Crippen molar-refractivity contribution in [3.63, 3.8) is 0 Å². The molecule has 0 radical (unpaired) electrons. The normalized spacial score (nSPS) is 10.6. The molecule has 1 aromatic heterocycles. The van der Waals surface area contributed by atoms with Crippen molar-refractivity contribution in [2.45, 2.75) is 19.4 Å². The zero-order valence-corrected chi connectivity index (χ0v) is 14.4. The molecular weight excluding hydrogens is 337 g/mol. The Morgan fingerprint density at radius 3 is 2.12 bits per heavy atom. The fraction of sp³-hybridized carbons (Fsp3) is 0.143. The molecule has 2 nitrogen and oxygen atoms in total. The number of Topliss-reactive ketones (excluding diaryl/α,β-unsaturated/α-hetero) is 1. The smallest absolute Gasteiger partial charge is 0.169 e. The maximum atomic E-state index is 12.9. The lowest BCUT2D eigenvalue weighted by molar-refractivity contribution is -0.697. The Balaban J connectivity index is 1.54. The Kier molecular flexibility index (Phi) is 5.56. The highest BCUT2D eigenvalue weighted by Crippen LogP contribution is 2.20. The number of nitrogens with zero attached hydrogens (tertiary/aromatic N) is 1. The number of rotatable bonds is 6. The molecule has 3 rings (SSSR count). The van der Waals surface area contributed by atoms with Crippen LogP contribution in [0, 0.1) is 5.82 Å². The summed E-state index contributed by atoms with van der Waals surface area (Å²) in [4.78, 5) is 12.1. The molecule has 0 unspecified atom stereocenters. The van der Waals surface area contributed by atoms with Crippen LogP contribution in [-0.4, -0.2) is 5.78 Å². The molecule has 1 heterocycles. The van der Waals surface area contributed by atoms with Crippen molar-refractivity contribution in [2.24, 2.45) is 0 Å².